The third kappa shape index (κ3) is 5.08. The number of aromatic amines is 1. The average Bonchev–Trinajstić information content (AvgIpc) is 2.65. The van der Waals surface area contributed by atoms with Gasteiger partial charge in [-0.3, -0.25) is 9.69 Å². The number of nitrogens with one attached hydrogen (secondary N) is 2. The van der Waals surface area contributed by atoms with Gasteiger partial charge in [-0.05, 0) is 37.1 Å². The Hall–Kier alpha value is -2.45. The lowest BCUT2D eigenvalue weighted by molar-refractivity contribution is -0.366. The number of hydrogen-bond donors (Lipinski definition) is 1. The van der Waals surface area contributed by atoms with Crippen LogP contribution in [0.2, 0.25) is 0 Å². The molecule has 7 nitrogen and oxygen atoms in total. The lowest BCUT2D eigenvalue weighted by Crippen LogP contribution is -2.35. The summed E-state index contributed by atoms with van der Waals surface area (Å²) in [5.41, 5.74) is 2.87. The number of rotatable bonds is 8. The van der Waals surface area contributed by atoms with Crippen molar-refractivity contribution in [1.29, 1.82) is 0 Å². The molecular weight excluding hydrogens is 376 g/mol. The van der Waals surface area contributed by atoms with Crippen LogP contribution in [0.15, 0.2) is 41.4 Å². The third-order valence-corrected chi connectivity index (χ3v) is 6.62. The number of hydrogen-bond acceptors (Lipinski definition) is 4. The van der Waals surface area contributed by atoms with Crippen LogP contribution in [0.1, 0.15) is 25.0 Å². The molecular formula is C20H29N4O3S+. The van der Waals surface area contributed by atoms with Gasteiger partial charge < -0.3 is 5.32 Å². The first-order valence-corrected chi connectivity index (χ1v) is 10.7. The summed E-state index contributed by atoms with van der Waals surface area (Å²) in [7, 11) is -1.74. The molecule has 2 rings (SSSR count). The number of sulfonamides is 1. The number of nitrogens with zero attached hydrogens (tertiary/aromatic N) is 2. The quantitative estimate of drug-likeness (QED) is 0.730. The van der Waals surface area contributed by atoms with Gasteiger partial charge in [0.05, 0.1) is 7.05 Å². The van der Waals surface area contributed by atoms with Crippen LogP contribution in [0.3, 0.4) is 0 Å². The summed E-state index contributed by atoms with van der Waals surface area (Å²) >= 11 is 0. The molecule has 8 heteroatoms. The maximum Gasteiger partial charge on any atom is 0.274 e. The maximum atomic E-state index is 12.5. The molecule has 2 N–H and O–H groups in total. The predicted molar refractivity (Wildman–Crippen MR) is 111 cm³/mol. The van der Waals surface area contributed by atoms with Crippen molar-refractivity contribution in [2.45, 2.75) is 32.6 Å². The van der Waals surface area contributed by atoms with E-state index in [1.165, 1.54) is 10.5 Å². The van der Waals surface area contributed by atoms with E-state index in [4.69, 9.17) is 0 Å². The number of carbonyl (C=O) groups is 1. The summed E-state index contributed by atoms with van der Waals surface area (Å²) in [6, 6.07) is 9.13. The number of carbonyl (C=O) groups excluding carboxylic acids is 1. The van der Waals surface area contributed by atoms with Gasteiger partial charge in [-0.2, -0.15) is 4.31 Å². The standard InChI is InChI=1S/C20H28N4O3S/c1-6-24(7-2)28(26,27)17-10-11-19(21-13-17)23(5)14-20(25)22-18-12-15(3)8-9-16(18)4/h8-13H,6-7,14H2,1-5H3,(H,22,25)/p+1. The zero-order valence-electron chi connectivity index (χ0n) is 17.1. The van der Waals surface area contributed by atoms with E-state index < -0.39 is 10.0 Å². The van der Waals surface area contributed by atoms with Crippen LogP contribution in [-0.2, 0) is 14.8 Å². The van der Waals surface area contributed by atoms with Crippen molar-refractivity contribution in [1.82, 2.24) is 4.31 Å². The summed E-state index contributed by atoms with van der Waals surface area (Å²) in [6.45, 7) is 8.50. The van der Waals surface area contributed by atoms with Crippen LogP contribution in [0.25, 0.3) is 0 Å². The van der Waals surface area contributed by atoms with Crippen molar-refractivity contribution in [3.05, 3.63) is 47.7 Å². The molecule has 1 aromatic carbocycles. The number of benzene rings is 1. The second-order valence-corrected chi connectivity index (χ2v) is 8.66. The summed E-state index contributed by atoms with van der Waals surface area (Å²) in [5.74, 6) is 0.499. The van der Waals surface area contributed by atoms with Gasteiger partial charge in [-0.25, -0.2) is 13.4 Å². The van der Waals surface area contributed by atoms with Gasteiger partial charge in [0.2, 0.25) is 10.0 Å². The second kappa shape index (κ2) is 9.16. The highest BCUT2D eigenvalue weighted by atomic mass is 32.2. The first-order valence-electron chi connectivity index (χ1n) is 9.29. The number of aromatic nitrogens is 1. The van der Waals surface area contributed by atoms with E-state index >= 15 is 0 Å². The molecule has 0 atom stereocenters. The van der Waals surface area contributed by atoms with Gasteiger partial charge >= 0.3 is 0 Å². The molecule has 2 aromatic rings. The SMILES string of the molecule is CCN(CC)S(=O)(=O)c1ccc(N(C)CC(=O)Nc2cc(C)ccc2C)[nH+]c1. The molecule has 1 amide bonds. The van der Waals surface area contributed by atoms with Crippen molar-refractivity contribution < 1.29 is 18.2 Å². The number of amides is 1. The first-order chi connectivity index (χ1) is 13.2. The van der Waals surface area contributed by atoms with Crippen LogP contribution < -0.4 is 15.2 Å². The lowest BCUT2D eigenvalue weighted by Gasteiger charge is -2.18. The Morgan fingerprint density at radius 1 is 1.11 bits per heavy atom. The Morgan fingerprint density at radius 3 is 2.36 bits per heavy atom. The fourth-order valence-corrected chi connectivity index (χ4v) is 4.30. The molecule has 0 bridgehead atoms. The molecule has 1 aromatic heterocycles. The topological polar surface area (TPSA) is 83.9 Å². The van der Waals surface area contributed by atoms with Crippen molar-refractivity contribution >= 4 is 27.4 Å². The van der Waals surface area contributed by atoms with Crippen LogP contribution >= 0.6 is 0 Å². The highest BCUT2D eigenvalue weighted by Crippen LogP contribution is 2.17. The Labute approximate surface area is 167 Å². The summed E-state index contributed by atoms with van der Waals surface area (Å²) in [5, 5.41) is 2.92. The van der Waals surface area contributed by atoms with Gasteiger partial charge in [0, 0.05) is 24.8 Å². The minimum atomic E-state index is -3.51. The maximum absolute atomic E-state index is 12.5. The van der Waals surface area contributed by atoms with E-state index in [0.29, 0.717) is 18.9 Å². The summed E-state index contributed by atoms with van der Waals surface area (Å²) in [4.78, 5) is 17.3. The largest absolute Gasteiger partial charge is 0.322 e. The Bertz CT molecular complexity index is 923. The Morgan fingerprint density at radius 2 is 1.79 bits per heavy atom. The lowest BCUT2D eigenvalue weighted by atomic mass is 10.1. The minimum absolute atomic E-state index is 0.131. The van der Waals surface area contributed by atoms with Gasteiger partial charge in [-0.1, -0.05) is 26.0 Å². The number of H-pyrrole nitrogens is 1. The van der Waals surface area contributed by atoms with Crippen LogP contribution in [0, 0.1) is 13.8 Å². The van der Waals surface area contributed by atoms with Crippen molar-refractivity contribution in [2.75, 3.05) is 36.9 Å². The third-order valence-electron chi connectivity index (χ3n) is 4.57. The number of anilines is 2. The molecule has 0 radical (unpaired) electrons. The molecule has 28 heavy (non-hydrogen) atoms. The smallest absolute Gasteiger partial charge is 0.274 e. The van der Waals surface area contributed by atoms with Gasteiger partial charge in [-0.15, -0.1) is 0 Å². The summed E-state index contributed by atoms with van der Waals surface area (Å²) in [6.07, 6.45) is 1.46. The predicted octanol–water partition coefficient (Wildman–Crippen LogP) is 2.22. The van der Waals surface area contributed by atoms with Crippen molar-refractivity contribution in [3.63, 3.8) is 0 Å². The Kier molecular flexibility index (Phi) is 7.15. The molecule has 0 saturated heterocycles. The van der Waals surface area contributed by atoms with Crippen LogP contribution in [0.5, 0.6) is 0 Å². The molecule has 0 saturated carbocycles. The van der Waals surface area contributed by atoms with Crippen molar-refractivity contribution in [2.24, 2.45) is 0 Å². The minimum Gasteiger partial charge on any atom is -0.322 e. The van der Waals surface area contributed by atoms with E-state index in [9.17, 15) is 13.2 Å². The molecule has 0 aliphatic carbocycles. The van der Waals surface area contributed by atoms with E-state index in [0.717, 1.165) is 16.8 Å². The van der Waals surface area contributed by atoms with Crippen LogP contribution in [-0.4, -0.2) is 45.3 Å². The second-order valence-electron chi connectivity index (χ2n) is 6.72. The van der Waals surface area contributed by atoms with E-state index in [2.05, 4.69) is 10.3 Å². The van der Waals surface area contributed by atoms with Crippen LogP contribution in [0.4, 0.5) is 11.5 Å². The molecule has 0 aliphatic rings. The first kappa shape index (κ1) is 21.8. The molecule has 152 valence electrons. The highest BCUT2D eigenvalue weighted by Gasteiger charge is 2.24. The number of aryl methyl sites for hydroxylation is 2. The van der Waals surface area contributed by atoms with Gasteiger partial charge in [0.1, 0.15) is 11.1 Å². The zero-order chi connectivity index (χ0) is 20.9. The zero-order valence-corrected chi connectivity index (χ0v) is 17.9. The van der Waals surface area contributed by atoms with Gasteiger partial charge in [0.15, 0.2) is 6.54 Å². The molecule has 0 unspecified atom stereocenters. The van der Waals surface area contributed by atoms with E-state index in [-0.39, 0.29) is 17.3 Å². The fourth-order valence-electron chi connectivity index (χ4n) is 2.87. The number of pyridine rings is 1. The Balaban J connectivity index is 2.07. The normalized spacial score (nSPS) is 11.5. The van der Waals surface area contributed by atoms with E-state index in [1.807, 2.05) is 45.9 Å². The highest BCUT2D eigenvalue weighted by molar-refractivity contribution is 7.89. The van der Waals surface area contributed by atoms with Gasteiger partial charge in [0.25, 0.3) is 11.7 Å². The fraction of sp³-hybridized carbons (Fsp3) is 0.400. The number of likely N-dealkylation sites (N-methyl/N-ethyl adjacent to an activating group) is 1. The average molecular weight is 406 g/mol. The monoisotopic (exact) mass is 405 g/mol. The molecule has 0 spiro atoms. The molecule has 0 aliphatic heterocycles. The van der Waals surface area contributed by atoms with E-state index in [1.54, 1.807) is 24.1 Å². The molecule has 1 heterocycles. The summed E-state index contributed by atoms with van der Waals surface area (Å²) < 4.78 is 26.5. The molecule has 0 fully saturated rings. The van der Waals surface area contributed by atoms with Crippen molar-refractivity contribution in [3.8, 4) is 0 Å².